The SMILES string of the molecule is Cc1cccc(C(N)c2ccc(Br)cc2Cl)c1C. The largest absolute Gasteiger partial charge is 0.320 e. The van der Waals surface area contributed by atoms with Crippen LogP contribution in [0.25, 0.3) is 0 Å². The molecule has 0 heterocycles. The minimum Gasteiger partial charge on any atom is -0.320 e. The summed E-state index contributed by atoms with van der Waals surface area (Å²) in [6.07, 6.45) is 0. The van der Waals surface area contributed by atoms with E-state index < -0.39 is 0 Å². The first-order valence-electron chi connectivity index (χ1n) is 5.77. The van der Waals surface area contributed by atoms with E-state index in [1.807, 2.05) is 24.3 Å². The maximum atomic E-state index is 6.34. The second-order valence-corrected chi connectivity index (χ2v) is 5.76. The molecule has 3 heteroatoms. The second-order valence-electron chi connectivity index (χ2n) is 4.43. The first-order valence-corrected chi connectivity index (χ1v) is 6.94. The Bertz CT molecular complexity index is 581. The van der Waals surface area contributed by atoms with E-state index in [-0.39, 0.29) is 6.04 Å². The summed E-state index contributed by atoms with van der Waals surface area (Å²) in [6.45, 7) is 4.19. The van der Waals surface area contributed by atoms with Crippen LogP contribution in [0, 0.1) is 13.8 Å². The van der Waals surface area contributed by atoms with E-state index in [1.54, 1.807) is 0 Å². The zero-order chi connectivity index (χ0) is 13.3. The van der Waals surface area contributed by atoms with Gasteiger partial charge in [-0.05, 0) is 48.2 Å². The molecule has 0 aliphatic carbocycles. The van der Waals surface area contributed by atoms with Crippen molar-refractivity contribution < 1.29 is 0 Å². The highest BCUT2D eigenvalue weighted by Crippen LogP contribution is 2.31. The zero-order valence-corrected chi connectivity index (χ0v) is 12.7. The molecular weight excluding hydrogens is 310 g/mol. The Morgan fingerprint density at radius 3 is 2.50 bits per heavy atom. The van der Waals surface area contributed by atoms with E-state index in [0.717, 1.165) is 15.6 Å². The molecule has 2 rings (SSSR count). The van der Waals surface area contributed by atoms with Crippen LogP contribution in [0.15, 0.2) is 40.9 Å². The lowest BCUT2D eigenvalue weighted by atomic mass is 9.93. The van der Waals surface area contributed by atoms with Crippen LogP contribution < -0.4 is 5.73 Å². The van der Waals surface area contributed by atoms with Gasteiger partial charge < -0.3 is 5.73 Å². The first kappa shape index (κ1) is 13.6. The Balaban J connectivity index is 2.48. The highest BCUT2D eigenvalue weighted by atomic mass is 79.9. The molecule has 2 aromatic rings. The number of hydrogen-bond acceptors (Lipinski definition) is 1. The van der Waals surface area contributed by atoms with Gasteiger partial charge in [-0.1, -0.05) is 51.8 Å². The summed E-state index contributed by atoms with van der Waals surface area (Å²) in [5.74, 6) is 0. The molecule has 0 bridgehead atoms. The molecule has 0 fully saturated rings. The van der Waals surface area contributed by atoms with Gasteiger partial charge in [0.1, 0.15) is 0 Å². The average Bonchev–Trinajstić information content (AvgIpc) is 2.32. The van der Waals surface area contributed by atoms with Crippen molar-refractivity contribution in [2.75, 3.05) is 0 Å². The van der Waals surface area contributed by atoms with Gasteiger partial charge in [0.25, 0.3) is 0 Å². The van der Waals surface area contributed by atoms with Crippen molar-refractivity contribution in [2.45, 2.75) is 19.9 Å². The molecule has 0 aliphatic rings. The fraction of sp³-hybridized carbons (Fsp3) is 0.200. The standard InChI is InChI=1S/C15H15BrClN/c1-9-4-3-5-12(10(9)2)15(18)13-7-6-11(16)8-14(13)17/h3-8,15H,18H2,1-2H3. The van der Waals surface area contributed by atoms with Gasteiger partial charge in [0.05, 0.1) is 6.04 Å². The van der Waals surface area contributed by atoms with Crippen molar-refractivity contribution >= 4 is 27.5 Å². The molecule has 2 aromatic carbocycles. The number of nitrogens with two attached hydrogens (primary N) is 1. The molecule has 0 radical (unpaired) electrons. The number of hydrogen-bond donors (Lipinski definition) is 1. The summed E-state index contributed by atoms with van der Waals surface area (Å²) in [6, 6.07) is 11.8. The fourth-order valence-corrected chi connectivity index (χ4v) is 2.82. The third kappa shape index (κ3) is 2.61. The molecule has 0 aliphatic heterocycles. The van der Waals surface area contributed by atoms with Crippen molar-refractivity contribution in [3.8, 4) is 0 Å². The molecule has 1 nitrogen and oxygen atoms in total. The topological polar surface area (TPSA) is 26.0 Å². The van der Waals surface area contributed by atoms with Gasteiger partial charge in [0, 0.05) is 9.50 Å². The summed E-state index contributed by atoms with van der Waals surface area (Å²) >= 11 is 9.66. The molecule has 0 aromatic heterocycles. The molecule has 1 unspecified atom stereocenters. The van der Waals surface area contributed by atoms with Gasteiger partial charge in [-0.2, -0.15) is 0 Å². The highest BCUT2D eigenvalue weighted by Gasteiger charge is 2.15. The Kier molecular flexibility index (Phi) is 4.10. The Morgan fingerprint density at radius 1 is 1.11 bits per heavy atom. The smallest absolute Gasteiger partial charge is 0.0569 e. The predicted octanol–water partition coefficient (Wildman–Crippen LogP) is 4.77. The summed E-state index contributed by atoms with van der Waals surface area (Å²) in [4.78, 5) is 0. The monoisotopic (exact) mass is 323 g/mol. The Hall–Kier alpha value is -0.830. The van der Waals surface area contributed by atoms with Crippen LogP contribution in [-0.2, 0) is 0 Å². The second kappa shape index (κ2) is 5.43. The molecule has 0 saturated carbocycles. The lowest BCUT2D eigenvalue weighted by Crippen LogP contribution is -2.14. The van der Waals surface area contributed by atoms with Gasteiger partial charge in [-0.3, -0.25) is 0 Å². The van der Waals surface area contributed by atoms with Crippen LogP contribution in [0.4, 0.5) is 0 Å². The maximum Gasteiger partial charge on any atom is 0.0569 e. The van der Waals surface area contributed by atoms with Crippen molar-refractivity contribution in [3.63, 3.8) is 0 Å². The first-order chi connectivity index (χ1) is 8.50. The van der Waals surface area contributed by atoms with Crippen LogP contribution in [0.5, 0.6) is 0 Å². The van der Waals surface area contributed by atoms with E-state index in [0.29, 0.717) is 5.02 Å². The minimum absolute atomic E-state index is 0.189. The summed E-state index contributed by atoms with van der Waals surface area (Å²) in [5.41, 5.74) is 10.9. The lowest BCUT2D eigenvalue weighted by molar-refractivity contribution is 0.859. The number of halogens is 2. The fourth-order valence-electron chi connectivity index (χ4n) is 2.03. The van der Waals surface area contributed by atoms with Gasteiger partial charge in [-0.25, -0.2) is 0 Å². The molecule has 0 amide bonds. The van der Waals surface area contributed by atoms with Crippen LogP contribution in [-0.4, -0.2) is 0 Å². The van der Waals surface area contributed by atoms with Crippen molar-refractivity contribution in [1.82, 2.24) is 0 Å². The molecule has 94 valence electrons. The van der Waals surface area contributed by atoms with Gasteiger partial charge in [0.2, 0.25) is 0 Å². The van der Waals surface area contributed by atoms with E-state index in [1.165, 1.54) is 11.1 Å². The van der Waals surface area contributed by atoms with Crippen LogP contribution in [0.1, 0.15) is 28.3 Å². The quantitative estimate of drug-likeness (QED) is 0.846. The molecule has 2 N–H and O–H groups in total. The van der Waals surface area contributed by atoms with Gasteiger partial charge >= 0.3 is 0 Å². The van der Waals surface area contributed by atoms with Crippen LogP contribution in [0.2, 0.25) is 5.02 Å². The summed E-state index contributed by atoms with van der Waals surface area (Å²) in [5, 5.41) is 0.692. The predicted molar refractivity (Wildman–Crippen MR) is 81.1 cm³/mol. The number of aryl methyl sites for hydroxylation is 1. The van der Waals surface area contributed by atoms with E-state index in [2.05, 4.69) is 41.9 Å². The molecule has 18 heavy (non-hydrogen) atoms. The highest BCUT2D eigenvalue weighted by molar-refractivity contribution is 9.10. The molecule has 0 saturated heterocycles. The van der Waals surface area contributed by atoms with E-state index >= 15 is 0 Å². The van der Waals surface area contributed by atoms with Crippen molar-refractivity contribution in [2.24, 2.45) is 5.73 Å². The van der Waals surface area contributed by atoms with Crippen molar-refractivity contribution in [1.29, 1.82) is 0 Å². The van der Waals surface area contributed by atoms with Gasteiger partial charge in [-0.15, -0.1) is 0 Å². The average molecular weight is 325 g/mol. The lowest BCUT2D eigenvalue weighted by Gasteiger charge is -2.18. The third-order valence-corrected chi connectivity index (χ3v) is 4.10. The molecule has 1 atom stereocenters. The summed E-state index contributed by atoms with van der Waals surface area (Å²) in [7, 11) is 0. The van der Waals surface area contributed by atoms with E-state index in [9.17, 15) is 0 Å². The van der Waals surface area contributed by atoms with E-state index in [4.69, 9.17) is 17.3 Å². The van der Waals surface area contributed by atoms with Crippen LogP contribution in [0.3, 0.4) is 0 Å². The van der Waals surface area contributed by atoms with Crippen molar-refractivity contribution in [3.05, 3.63) is 68.1 Å². The minimum atomic E-state index is -0.189. The molecular formula is C15H15BrClN. The van der Waals surface area contributed by atoms with Gasteiger partial charge in [0.15, 0.2) is 0 Å². The number of rotatable bonds is 2. The Labute approximate surface area is 121 Å². The normalized spacial score (nSPS) is 12.5. The Morgan fingerprint density at radius 2 is 1.83 bits per heavy atom. The van der Waals surface area contributed by atoms with Crippen LogP contribution >= 0.6 is 27.5 Å². The third-order valence-electron chi connectivity index (χ3n) is 3.28. The molecule has 0 spiro atoms. The maximum absolute atomic E-state index is 6.34. The number of benzene rings is 2. The summed E-state index contributed by atoms with van der Waals surface area (Å²) < 4.78 is 0.962. The zero-order valence-electron chi connectivity index (χ0n) is 10.4.